The van der Waals surface area contributed by atoms with Crippen LogP contribution in [0.2, 0.25) is 0 Å². The minimum absolute atomic E-state index is 0. The van der Waals surface area contributed by atoms with Gasteiger partial charge in [-0.25, -0.2) is 0 Å². The molecule has 168 valence electrons. The van der Waals surface area contributed by atoms with E-state index in [0.29, 0.717) is 6.42 Å². The third-order valence-electron chi connectivity index (χ3n) is 5.34. The first-order valence-electron chi connectivity index (χ1n) is 12.4. The zero-order valence-electron chi connectivity index (χ0n) is 19.9. The van der Waals surface area contributed by atoms with E-state index in [2.05, 4.69) is 30.6 Å². The van der Waals surface area contributed by atoms with Gasteiger partial charge >= 0.3 is 5.97 Å². The molecule has 0 atom stereocenters. The molecule has 0 spiro atoms. The van der Waals surface area contributed by atoms with Gasteiger partial charge in [0.2, 0.25) is 0 Å². The Morgan fingerprint density at radius 3 is 1.27 bits per heavy atom. The average molecular weight is 515 g/mol. The van der Waals surface area contributed by atoms with E-state index in [4.69, 9.17) is 5.11 Å². The van der Waals surface area contributed by atoms with Crippen LogP contribution in [0.15, 0.2) is 0 Å². The normalized spacial score (nSPS) is 9.77. The van der Waals surface area contributed by atoms with Crippen molar-refractivity contribution in [2.75, 3.05) is 0 Å². The zero-order valence-corrected chi connectivity index (χ0v) is 23.9. The van der Waals surface area contributed by atoms with Crippen LogP contribution in [-0.2, 0) is 32.1 Å². The maximum Gasteiger partial charge on any atom is 0.303 e. The van der Waals surface area contributed by atoms with Crippen LogP contribution in [0.3, 0.4) is 0 Å². The van der Waals surface area contributed by atoms with Gasteiger partial charge in [0, 0.05) is 46.6 Å². The second kappa shape index (κ2) is 28.5. The number of hydrogen-bond donors (Lipinski definition) is 1. The van der Waals surface area contributed by atoms with Crippen molar-refractivity contribution in [1.82, 2.24) is 0 Å². The fourth-order valence-electron chi connectivity index (χ4n) is 3.46. The van der Waals surface area contributed by atoms with E-state index < -0.39 is 5.97 Å². The smallest absolute Gasteiger partial charge is 0.303 e. The van der Waals surface area contributed by atoms with Crippen LogP contribution in [-0.4, -0.2) is 11.1 Å². The van der Waals surface area contributed by atoms with Crippen molar-refractivity contribution in [2.24, 2.45) is 0 Å². The molecule has 2 nitrogen and oxygen atoms in total. The van der Waals surface area contributed by atoms with Crippen molar-refractivity contribution < 1.29 is 37.2 Å². The fourth-order valence-corrected chi connectivity index (χ4v) is 3.46. The summed E-state index contributed by atoms with van der Waals surface area (Å²) in [5.74, 6) is 11.6. The second-order valence-electron chi connectivity index (χ2n) is 8.26. The van der Waals surface area contributed by atoms with Crippen molar-refractivity contribution in [2.45, 2.75) is 142 Å². The molecule has 0 aromatic rings. The van der Waals surface area contributed by atoms with E-state index in [9.17, 15) is 4.79 Å². The molecule has 0 aromatic heterocycles. The van der Waals surface area contributed by atoms with Crippen LogP contribution < -0.4 is 0 Å². The van der Waals surface area contributed by atoms with E-state index in [1.807, 2.05) is 0 Å². The summed E-state index contributed by atoms with van der Waals surface area (Å²) in [7, 11) is 0. The quantitative estimate of drug-likeness (QED) is 0.101. The Hall–Kier alpha value is -0.488. The van der Waals surface area contributed by atoms with Crippen molar-refractivity contribution in [1.29, 1.82) is 0 Å². The molecule has 0 radical (unpaired) electrons. The van der Waals surface area contributed by atoms with Gasteiger partial charge in [0.25, 0.3) is 0 Å². The predicted molar refractivity (Wildman–Crippen MR) is 126 cm³/mol. The van der Waals surface area contributed by atoms with Gasteiger partial charge in [0.15, 0.2) is 0 Å². The summed E-state index contributed by atoms with van der Waals surface area (Å²) >= 11 is 0. The maximum atomic E-state index is 10.4. The van der Waals surface area contributed by atoms with Crippen molar-refractivity contribution in [3.05, 3.63) is 0 Å². The summed E-state index contributed by atoms with van der Waals surface area (Å²) < 4.78 is 0. The molecule has 0 heterocycles. The monoisotopic (exact) mass is 516 g/mol. The standard InChI is InChI=1S/C27H46O2.Cd/c1-2-3-4-5-6-7-8-9-10-11-12-13-14-15-16-17-18-19-20-21-22-23-24-25-26-27(28)29;/h2-14,19-26H2,1H3,(H,28,29);. The first-order chi connectivity index (χ1) is 14.3. The topological polar surface area (TPSA) is 37.3 Å². The Morgan fingerprint density at radius 1 is 0.567 bits per heavy atom. The third kappa shape index (κ3) is 29.7. The number of hydrogen-bond acceptors (Lipinski definition) is 1. The Kier molecular flexibility index (Phi) is 30.1. The Labute approximate surface area is 207 Å². The van der Waals surface area contributed by atoms with Crippen LogP contribution in [0.25, 0.3) is 0 Å². The molecular weight excluding hydrogens is 469 g/mol. The van der Waals surface area contributed by atoms with Crippen molar-refractivity contribution in [3.63, 3.8) is 0 Å². The van der Waals surface area contributed by atoms with Crippen LogP contribution in [0.4, 0.5) is 0 Å². The van der Waals surface area contributed by atoms with E-state index in [0.717, 1.165) is 38.5 Å². The summed E-state index contributed by atoms with van der Waals surface area (Å²) in [6.45, 7) is 2.28. The second-order valence-corrected chi connectivity index (χ2v) is 8.26. The van der Waals surface area contributed by atoms with Gasteiger partial charge in [-0.15, -0.1) is 0 Å². The zero-order chi connectivity index (χ0) is 21.3. The molecule has 30 heavy (non-hydrogen) atoms. The molecule has 0 aliphatic heterocycles. The van der Waals surface area contributed by atoms with Crippen molar-refractivity contribution in [3.8, 4) is 23.7 Å². The van der Waals surface area contributed by atoms with E-state index in [1.165, 1.54) is 89.9 Å². The summed E-state index contributed by atoms with van der Waals surface area (Å²) in [4.78, 5) is 10.4. The number of carboxylic acids is 1. The first-order valence-corrected chi connectivity index (χ1v) is 12.4. The molecule has 0 aliphatic rings. The minimum Gasteiger partial charge on any atom is -0.481 e. The SMILES string of the molecule is CCCCCCCCCCCCCCC#CC#CCCCCCCCCC(=O)O.[Cd]. The molecule has 3 heteroatoms. The average Bonchev–Trinajstić information content (AvgIpc) is 2.71. The molecule has 0 aromatic carbocycles. The predicted octanol–water partition coefficient (Wildman–Crippen LogP) is 8.29. The molecule has 0 saturated heterocycles. The Bertz CT molecular complexity index is 479. The van der Waals surface area contributed by atoms with Gasteiger partial charge in [0.05, 0.1) is 0 Å². The number of aliphatic carboxylic acids is 1. The van der Waals surface area contributed by atoms with Gasteiger partial charge in [-0.05, 0) is 31.1 Å². The molecule has 1 N–H and O–H groups in total. The summed E-state index contributed by atoms with van der Waals surface area (Å²) in [6, 6.07) is 0. The molecule has 0 bridgehead atoms. The van der Waals surface area contributed by atoms with E-state index in [-0.39, 0.29) is 27.3 Å². The molecule has 0 saturated carbocycles. The number of carbonyl (C=O) groups is 1. The third-order valence-corrected chi connectivity index (χ3v) is 5.34. The number of rotatable bonds is 20. The van der Waals surface area contributed by atoms with Gasteiger partial charge in [0.1, 0.15) is 0 Å². The van der Waals surface area contributed by atoms with Gasteiger partial charge in [-0.2, -0.15) is 0 Å². The van der Waals surface area contributed by atoms with E-state index in [1.54, 1.807) is 0 Å². The fraction of sp³-hybridized carbons (Fsp3) is 0.815. The summed E-state index contributed by atoms with van der Waals surface area (Å²) in [5, 5.41) is 8.56. The van der Waals surface area contributed by atoms with Crippen LogP contribution in [0.1, 0.15) is 142 Å². The first kappa shape index (κ1) is 31.7. The van der Waals surface area contributed by atoms with E-state index >= 15 is 0 Å². The molecule has 0 unspecified atom stereocenters. The summed E-state index contributed by atoms with van der Waals surface area (Å²) in [5.41, 5.74) is 0. The molecule has 0 amide bonds. The van der Waals surface area contributed by atoms with Crippen LogP contribution >= 0.6 is 0 Å². The molecular formula is C27H46CdO2. The van der Waals surface area contributed by atoms with Gasteiger partial charge < -0.3 is 5.11 Å². The molecule has 0 fully saturated rings. The van der Waals surface area contributed by atoms with Crippen LogP contribution in [0.5, 0.6) is 0 Å². The molecule has 0 rings (SSSR count). The maximum absolute atomic E-state index is 10.4. The van der Waals surface area contributed by atoms with Gasteiger partial charge in [-0.3, -0.25) is 4.79 Å². The van der Waals surface area contributed by atoms with Crippen LogP contribution in [0, 0.1) is 23.7 Å². The number of carboxylic acid groups (broad SMARTS) is 1. The Balaban J connectivity index is 0. The molecule has 0 aliphatic carbocycles. The minimum atomic E-state index is -0.680. The van der Waals surface area contributed by atoms with Crippen molar-refractivity contribution >= 4 is 5.97 Å². The number of unbranched alkanes of at least 4 members (excludes halogenated alkanes) is 18. The largest absolute Gasteiger partial charge is 0.481 e. The van der Waals surface area contributed by atoms with Gasteiger partial charge in [-0.1, -0.05) is 115 Å². The summed E-state index contributed by atoms with van der Waals surface area (Å²) in [6.07, 6.45) is 25.3. The Morgan fingerprint density at radius 2 is 0.900 bits per heavy atom.